The zero-order chi connectivity index (χ0) is 27.6. The maximum absolute atomic E-state index is 11.7. The quantitative estimate of drug-likeness (QED) is 0.267. The highest BCUT2D eigenvalue weighted by Crippen LogP contribution is 2.29. The Bertz CT molecular complexity index is 959. The van der Waals surface area contributed by atoms with Gasteiger partial charge in [-0.1, -0.05) is 49.2 Å². The Morgan fingerprint density at radius 1 is 0.974 bits per heavy atom. The molecule has 1 heterocycles. The molecule has 0 bridgehead atoms. The van der Waals surface area contributed by atoms with Gasteiger partial charge in [-0.3, -0.25) is 9.69 Å². The summed E-state index contributed by atoms with van der Waals surface area (Å²) in [6.07, 6.45) is 9.92. The molecule has 2 aromatic carbocycles. The van der Waals surface area contributed by atoms with Crippen molar-refractivity contribution in [2.45, 2.75) is 68.2 Å². The van der Waals surface area contributed by atoms with Crippen molar-refractivity contribution in [1.29, 1.82) is 0 Å². The van der Waals surface area contributed by atoms with Crippen molar-refractivity contribution in [3.63, 3.8) is 0 Å². The van der Waals surface area contributed by atoms with Gasteiger partial charge in [-0.15, -0.1) is 11.8 Å². The molecule has 1 N–H and O–H groups in total. The third-order valence-electron chi connectivity index (χ3n) is 6.84. The highest BCUT2D eigenvalue weighted by molar-refractivity contribution is 7.98. The number of nitrogens with one attached hydrogen (secondary N) is 1. The van der Waals surface area contributed by atoms with Gasteiger partial charge in [0.2, 0.25) is 0 Å². The van der Waals surface area contributed by atoms with E-state index in [1.165, 1.54) is 49.9 Å². The number of hydrogen-bond acceptors (Lipinski definition) is 7. The van der Waals surface area contributed by atoms with E-state index in [4.69, 9.17) is 0 Å². The molecule has 1 aliphatic rings. The van der Waals surface area contributed by atoms with Crippen LogP contribution in [0.15, 0.2) is 47.4 Å². The molecule has 38 heavy (non-hydrogen) atoms. The third kappa shape index (κ3) is 11.2. The standard InChI is InChI=1S/C29H38N2O3S.C2H7N/c1-30(27(22-34)9-7-19-32)20-28-26(21-33)8-6-10-29(28)35-23-25-13-11-24(12-14-25)15-18-31-16-4-2-3-5-17-31;1-3-2/h6,8,10-14,19,21-22,27H,2-5,7,9,15-18,20,23H2,1H3;3H,1-2H3. The van der Waals surface area contributed by atoms with E-state index in [9.17, 15) is 14.4 Å². The molecular formula is C31H45N3O3S. The number of likely N-dealkylation sites (N-methyl/N-ethyl adjacent to an activating group) is 1. The van der Waals surface area contributed by atoms with E-state index in [1.54, 1.807) is 11.8 Å². The van der Waals surface area contributed by atoms with E-state index in [2.05, 4.69) is 34.5 Å². The van der Waals surface area contributed by atoms with Crippen molar-refractivity contribution in [3.05, 3.63) is 64.7 Å². The van der Waals surface area contributed by atoms with Crippen LogP contribution in [-0.4, -0.2) is 75.5 Å². The second kappa shape index (κ2) is 18.9. The van der Waals surface area contributed by atoms with Crippen molar-refractivity contribution >= 4 is 30.6 Å². The molecule has 3 rings (SSSR count). The molecule has 0 aromatic heterocycles. The first-order valence-electron chi connectivity index (χ1n) is 13.7. The van der Waals surface area contributed by atoms with Gasteiger partial charge >= 0.3 is 0 Å². The van der Waals surface area contributed by atoms with Gasteiger partial charge in [0, 0.05) is 35.7 Å². The van der Waals surface area contributed by atoms with Crippen LogP contribution in [0.2, 0.25) is 0 Å². The second-order valence-corrected chi connectivity index (χ2v) is 10.9. The van der Waals surface area contributed by atoms with Crippen LogP contribution in [0.25, 0.3) is 0 Å². The number of carbonyl (C=O) groups is 3. The number of rotatable bonds is 14. The summed E-state index contributed by atoms with van der Waals surface area (Å²) in [6.45, 7) is 4.08. The summed E-state index contributed by atoms with van der Waals surface area (Å²) in [5.41, 5.74) is 4.21. The lowest BCUT2D eigenvalue weighted by atomic mass is 10.1. The van der Waals surface area contributed by atoms with E-state index < -0.39 is 0 Å². The normalized spacial score (nSPS) is 14.7. The van der Waals surface area contributed by atoms with Crippen LogP contribution in [0.4, 0.5) is 0 Å². The average molecular weight is 540 g/mol. The summed E-state index contributed by atoms with van der Waals surface area (Å²) < 4.78 is 0. The van der Waals surface area contributed by atoms with Gasteiger partial charge < -0.3 is 19.8 Å². The van der Waals surface area contributed by atoms with Gasteiger partial charge in [0.1, 0.15) is 18.9 Å². The number of benzene rings is 2. The number of hydrogen-bond donors (Lipinski definition) is 1. The molecule has 6 nitrogen and oxygen atoms in total. The van der Waals surface area contributed by atoms with E-state index in [1.807, 2.05) is 44.2 Å². The van der Waals surface area contributed by atoms with Crippen molar-refractivity contribution < 1.29 is 14.4 Å². The highest BCUT2D eigenvalue weighted by atomic mass is 32.2. The molecule has 0 spiro atoms. The molecule has 2 aromatic rings. The first-order valence-corrected chi connectivity index (χ1v) is 14.7. The Labute approximate surface area is 233 Å². The Hall–Kier alpha value is -2.32. The second-order valence-electron chi connectivity index (χ2n) is 9.92. The van der Waals surface area contributed by atoms with Gasteiger partial charge in [-0.05, 0) is 82.7 Å². The van der Waals surface area contributed by atoms with Crippen molar-refractivity contribution in [2.24, 2.45) is 0 Å². The lowest BCUT2D eigenvalue weighted by Crippen LogP contribution is -2.33. The lowest BCUT2D eigenvalue weighted by molar-refractivity contribution is -0.113. The number of aldehydes is 3. The number of thioether (sulfide) groups is 1. The Kier molecular flexibility index (Phi) is 15.8. The summed E-state index contributed by atoms with van der Waals surface area (Å²) in [5, 5.41) is 2.75. The fourth-order valence-corrected chi connectivity index (χ4v) is 5.65. The Balaban J connectivity index is 0.00000161. The zero-order valence-corrected chi connectivity index (χ0v) is 24.2. The summed E-state index contributed by atoms with van der Waals surface area (Å²) >= 11 is 1.71. The van der Waals surface area contributed by atoms with Crippen LogP contribution in [0.5, 0.6) is 0 Å². The van der Waals surface area contributed by atoms with Gasteiger partial charge in [0.25, 0.3) is 0 Å². The SMILES string of the molecule is CN(Cc1c(C=O)cccc1SCc1ccc(CCN2CCCCCC2)cc1)C(C=O)CCC=O.CNC. The molecule has 0 aliphatic carbocycles. The smallest absolute Gasteiger partial charge is 0.150 e. The predicted octanol–water partition coefficient (Wildman–Crippen LogP) is 5.02. The monoisotopic (exact) mass is 539 g/mol. The van der Waals surface area contributed by atoms with Crippen LogP contribution in [-0.2, 0) is 28.3 Å². The van der Waals surface area contributed by atoms with Crippen molar-refractivity contribution in [3.8, 4) is 0 Å². The summed E-state index contributed by atoms with van der Waals surface area (Å²) in [4.78, 5) is 39.6. The first-order chi connectivity index (χ1) is 18.6. The fraction of sp³-hybridized carbons (Fsp3) is 0.516. The van der Waals surface area contributed by atoms with Gasteiger partial charge in [-0.25, -0.2) is 0 Å². The highest BCUT2D eigenvalue weighted by Gasteiger charge is 2.18. The first kappa shape index (κ1) is 31.9. The minimum Gasteiger partial charge on any atom is -0.323 e. The van der Waals surface area contributed by atoms with Crippen LogP contribution < -0.4 is 5.32 Å². The molecular weight excluding hydrogens is 494 g/mol. The van der Waals surface area contributed by atoms with E-state index >= 15 is 0 Å². The molecule has 0 saturated carbocycles. The molecule has 0 radical (unpaired) electrons. The Morgan fingerprint density at radius 2 is 1.63 bits per heavy atom. The summed E-state index contributed by atoms with van der Waals surface area (Å²) in [5.74, 6) is 0.813. The zero-order valence-electron chi connectivity index (χ0n) is 23.4. The van der Waals surface area contributed by atoms with Crippen molar-refractivity contribution in [1.82, 2.24) is 15.1 Å². The maximum atomic E-state index is 11.7. The fourth-order valence-electron chi connectivity index (χ4n) is 4.61. The van der Waals surface area contributed by atoms with Crippen LogP contribution in [0.1, 0.15) is 65.6 Å². The minimum absolute atomic E-state index is 0.346. The number of nitrogens with zero attached hydrogens (tertiary/aromatic N) is 2. The topological polar surface area (TPSA) is 69.7 Å². The lowest BCUT2D eigenvalue weighted by Gasteiger charge is -2.25. The molecule has 208 valence electrons. The molecule has 1 aliphatic heterocycles. The molecule has 1 atom stereocenters. The van der Waals surface area contributed by atoms with Crippen LogP contribution >= 0.6 is 11.8 Å². The van der Waals surface area contributed by atoms with E-state index in [-0.39, 0.29) is 6.04 Å². The van der Waals surface area contributed by atoms with Gasteiger partial charge in [-0.2, -0.15) is 0 Å². The van der Waals surface area contributed by atoms with Crippen LogP contribution in [0.3, 0.4) is 0 Å². The predicted molar refractivity (Wildman–Crippen MR) is 158 cm³/mol. The van der Waals surface area contributed by atoms with E-state index in [0.29, 0.717) is 24.9 Å². The number of likely N-dealkylation sites (tertiary alicyclic amines) is 1. The molecule has 7 heteroatoms. The van der Waals surface area contributed by atoms with Gasteiger partial charge in [0.15, 0.2) is 0 Å². The number of carbonyl (C=O) groups excluding carboxylic acids is 3. The molecule has 1 saturated heterocycles. The van der Waals surface area contributed by atoms with Crippen molar-refractivity contribution in [2.75, 3.05) is 40.8 Å². The van der Waals surface area contributed by atoms with E-state index in [0.717, 1.165) is 48.0 Å². The Morgan fingerprint density at radius 3 is 2.24 bits per heavy atom. The third-order valence-corrected chi connectivity index (χ3v) is 8.01. The molecule has 1 unspecified atom stereocenters. The summed E-state index contributed by atoms with van der Waals surface area (Å²) in [7, 11) is 5.62. The minimum atomic E-state index is -0.348. The largest absolute Gasteiger partial charge is 0.323 e. The molecule has 0 amide bonds. The maximum Gasteiger partial charge on any atom is 0.150 e. The summed E-state index contributed by atoms with van der Waals surface area (Å²) in [6, 6.07) is 14.3. The average Bonchev–Trinajstić information content (AvgIpc) is 3.21. The molecule has 1 fully saturated rings. The van der Waals surface area contributed by atoms with Gasteiger partial charge in [0.05, 0.1) is 6.04 Å². The van der Waals surface area contributed by atoms with Crippen LogP contribution in [0, 0.1) is 0 Å².